The van der Waals surface area contributed by atoms with E-state index in [9.17, 15) is 0 Å². The van der Waals surface area contributed by atoms with Gasteiger partial charge in [0, 0.05) is 0 Å². The average Bonchev–Trinajstić information content (AvgIpc) is 1.98. The van der Waals surface area contributed by atoms with E-state index in [-0.39, 0.29) is 12.2 Å². The third-order valence-electron chi connectivity index (χ3n) is 1.74. The van der Waals surface area contributed by atoms with Crippen molar-refractivity contribution in [1.29, 1.82) is 0 Å². The van der Waals surface area contributed by atoms with E-state index in [4.69, 9.17) is 14.9 Å². The van der Waals surface area contributed by atoms with Gasteiger partial charge >= 0.3 is 0 Å². The molecule has 1 saturated heterocycles. The zero-order valence-corrected chi connectivity index (χ0v) is 5.61. The van der Waals surface area contributed by atoms with Crippen LogP contribution in [0.3, 0.4) is 0 Å². The van der Waals surface area contributed by atoms with Crippen molar-refractivity contribution in [3.05, 3.63) is 0 Å². The molecule has 0 aromatic heterocycles. The Bertz CT molecular complexity index is 92.5. The van der Waals surface area contributed by atoms with E-state index < -0.39 is 12.2 Å². The van der Waals surface area contributed by atoms with Crippen molar-refractivity contribution in [2.24, 2.45) is 0 Å². The number of hydrogen-bond donors (Lipinski definition) is 2. The largest absolute Gasteiger partial charge is 0.388 e. The predicted octanol–water partition coefficient (Wildman–Crippen LogP) is -0.485. The maximum absolute atomic E-state index is 9.06. The third kappa shape index (κ3) is 1.08. The van der Waals surface area contributed by atoms with Gasteiger partial charge in [-0.2, -0.15) is 0 Å². The number of hydrogen-bond acceptors (Lipinski definition) is 3. The molecular weight excluding hydrogens is 120 g/mol. The topological polar surface area (TPSA) is 49.7 Å². The van der Waals surface area contributed by atoms with Crippen LogP contribution in [0.2, 0.25) is 0 Å². The molecule has 3 nitrogen and oxygen atoms in total. The van der Waals surface area contributed by atoms with Crippen LogP contribution in [0, 0.1) is 0 Å². The van der Waals surface area contributed by atoms with Crippen LogP contribution in [0.15, 0.2) is 0 Å². The molecule has 1 aliphatic rings. The fourth-order valence-corrected chi connectivity index (χ4v) is 1.05. The Hall–Kier alpha value is -0.120. The van der Waals surface area contributed by atoms with E-state index in [0.717, 1.165) is 0 Å². The SMILES string of the molecule is CC1OC(C)[C@H](O)[C@@H]1O. The molecule has 0 aliphatic carbocycles. The minimum Gasteiger partial charge on any atom is -0.388 e. The summed E-state index contributed by atoms with van der Waals surface area (Å²) in [6.45, 7) is 3.49. The van der Waals surface area contributed by atoms with Gasteiger partial charge in [-0.05, 0) is 13.8 Å². The highest BCUT2D eigenvalue weighted by atomic mass is 16.5. The first-order chi connectivity index (χ1) is 4.13. The van der Waals surface area contributed by atoms with Crippen LogP contribution < -0.4 is 0 Å². The van der Waals surface area contributed by atoms with Crippen LogP contribution in [0.1, 0.15) is 13.8 Å². The zero-order valence-electron chi connectivity index (χ0n) is 5.61. The summed E-state index contributed by atoms with van der Waals surface area (Å²) in [7, 11) is 0. The summed E-state index contributed by atoms with van der Waals surface area (Å²) in [5, 5.41) is 18.1. The first-order valence-electron chi connectivity index (χ1n) is 3.14. The van der Waals surface area contributed by atoms with Crippen LogP contribution >= 0.6 is 0 Å². The smallest absolute Gasteiger partial charge is 0.108 e. The van der Waals surface area contributed by atoms with Crippen LogP contribution in [0.4, 0.5) is 0 Å². The van der Waals surface area contributed by atoms with Crippen molar-refractivity contribution in [3.8, 4) is 0 Å². The minimum absolute atomic E-state index is 0.227. The predicted molar refractivity (Wildman–Crippen MR) is 32.0 cm³/mol. The van der Waals surface area contributed by atoms with E-state index in [1.807, 2.05) is 0 Å². The minimum atomic E-state index is -0.708. The summed E-state index contributed by atoms with van der Waals surface area (Å²) >= 11 is 0. The average molecular weight is 132 g/mol. The lowest BCUT2D eigenvalue weighted by Gasteiger charge is -2.08. The quantitative estimate of drug-likeness (QED) is 0.468. The third-order valence-corrected chi connectivity index (χ3v) is 1.74. The second-order valence-corrected chi connectivity index (χ2v) is 2.53. The lowest BCUT2D eigenvalue weighted by Crippen LogP contribution is -2.30. The van der Waals surface area contributed by atoms with Crippen molar-refractivity contribution in [2.75, 3.05) is 0 Å². The first kappa shape index (κ1) is 6.99. The summed E-state index contributed by atoms with van der Waals surface area (Å²) in [6, 6.07) is 0. The van der Waals surface area contributed by atoms with Crippen LogP contribution in [0.5, 0.6) is 0 Å². The molecule has 3 heteroatoms. The molecule has 4 atom stereocenters. The molecule has 1 aliphatic heterocycles. The molecule has 54 valence electrons. The molecule has 1 heterocycles. The Balaban J connectivity index is 2.54. The highest BCUT2D eigenvalue weighted by Gasteiger charge is 2.36. The number of aliphatic hydroxyl groups excluding tert-OH is 2. The molecule has 1 rings (SSSR count). The summed E-state index contributed by atoms with van der Waals surface area (Å²) in [6.07, 6.45) is -1.87. The number of aliphatic hydroxyl groups is 2. The zero-order chi connectivity index (χ0) is 7.02. The fourth-order valence-electron chi connectivity index (χ4n) is 1.05. The summed E-state index contributed by atoms with van der Waals surface area (Å²) in [4.78, 5) is 0. The van der Waals surface area contributed by atoms with Crippen molar-refractivity contribution in [2.45, 2.75) is 38.3 Å². The fraction of sp³-hybridized carbons (Fsp3) is 1.00. The van der Waals surface area contributed by atoms with Crippen molar-refractivity contribution < 1.29 is 14.9 Å². The first-order valence-corrected chi connectivity index (χ1v) is 3.14. The number of ether oxygens (including phenoxy) is 1. The molecule has 0 spiro atoms. The van der Waals surface area contributed by atoms with E-state index in [0.29, 0.717) is 0 Å². The van der Waals surface area contributed by atoms with Gasteiger partial charge in [-0.3, -0.25) is 0 Å². The summed E-state index contributed by atoms with van der Waals surface area (Å²) in [5.41, 5.74) is 0. The molecule has 2 N–H and O–H groups in total. The second kappa shape index (κ2) is 2.25. The van der Waals surface area contributed by atoms with E-state index in [1.54, 1.807) is 13.8 Å². The Kier molecular flexibility index (Phi) is 1.75. The Morgan fingerprint density at radius 1 is 1.00 bits per heavy atom. The lowest BCUT2D eigenvalue weighted by molar-refractivity contribution is 0.0281. The summed E-state index contributed by atoms with van der Waals surface area (Å²) < 4.78 is 5.09. The van der Waals surface area contributed by atoms with Gasteiger partial charge in [-0.1, -0.05) is 0 Å². The normalized spacial score (nSPS) is 52.0. The maximum atomic E-state index is 9.06. The molecule has 2 unspecified atom stereocenters. The van der Waals surface area contributed by atoms with Gasteiger partial charge in [0.15, 0.2) is 0 Å². The van der Waals surface area contributed by atoms with Crippen LogP contribution in [-0.2, 0) is 4.74 Å². The molecule has 0 aromatic rings. The Morgan fingerprint density at radius 2 is 1.33 bits per heavy atom. The van der Waals surface area contributed by atoms with E-state index >= 15 is 0 Å². The molecule has 0 radical (unpaired) electrons. The van der Waals surface area contributed by atoms with Crippen molar-refractivity contribution in [1.82, 2.24) is 0 Å². The van der Waals surface area contributed by atoms with Gasteiger partial charge in [0.25, 0.3) is 0 Å². The van der Waals surface area contributed by atoms with Gasteiger partial charge in [0.2, 0.25) is 0 Å². The lowest BCUT2D eigenvalue weighted by atomic mass is 10.1. The monoisotopic (exact) mass is 132 g/mol. The number of rotatable bonds is 0. The van der Waals surface area contributed by atoms with Crippen molar-refractivity contribution in [3.63, 3.8) is 0 Å². The van der Waals surface area contributed by atoms with Crippen molar-refractivity contribution >= 4 is 0 Å². The Labute approximate surface area is 54.3 Å². The second-order valence-electron chi connectivity index (χ2n) is 2.53. The van der Waals surface area contributed by atoms with E-state index in [2.05, 4.69) is 0 Å². The van der Waals surface area contributed by atoms with Gasteiger partial charge in [0.05, 0.1) is 12.2 Å². The molecule has 0 saturated carbocycles. The highest BCUT2D eigenvalue weighted by molar-refractivity contribution is 4.85. The van der Waals surface area contributed by atoms with Gasteiger partial charge < -0.3 is 14.9 Å². The molecule has 1 fully saturated rings. The van der Waals surface area contributed by atoms with Gasteiger partial charge in [0.1, 0.15) is 12.2 Å². The van der Waals surface area contributed by atoms with Gasteiger partial charge in [-0.15, -0.1) is 0 Å². The molecule has 0 bridgehead atoms. The molecular formula is C6H12O3. The standard InChI is InChI=1S/C6H12O3/c1-3-5(7)6(8)4(2)9-3/h3-8H,1-2H3/t3?,4?,5-,6+. The Morgan fingerprint density at radius 3 is 1.44 bits per heavy atom. The van der Waals surface area contributed by atoms with E-state index in [1.165, 1.54) is 0 Å². The molecule has 0 amide bonds. The summed E-state index contributed by atoms with van der Waals surface area (Å²) in [5.74, 6) is 0. The molecule has 9 heavy (non-hydrogen) atoms. The van der Waals surface area contributed by atoms with Gasteiger partial charge in [-0.25, -0.2) is 0 Å². The molecule has 0 aromatic carbocycles. The van der Waals surface area contributed by atoms with Crippen LogP contribution in [-0.4, -0.2) is 34.6 Å². The highest BCUT2D eigenvalue weighted by Crippen LogP contribution is 2.19. The maximum Gasteiger partial charge on any atom is 0.108 e. The van der Waals surface area contributed by atoms with Crippen LogP contribution in [0.25, 0.3) is 0 Å².